The maximum absolute atomic E-state index is 11.8. The first kappa shape index (κ1) is 14.8. The number of carboxylic acids is 1. The van der Waals surface area contributed by atoms with Crippen LogP contribution in [-0.4, -0.2) is 37.8 Å². The summed E-state index contributed by atoms with van der Waals surface area (Å²) >= 11 is 0. The number of aromatic nitrogens is 3. The predicted molar refractivity (Wildman–Crippen MR) is 67.5 cm³/mol. The number of hydrogen-bond acceptors (Lipinski definition) is 5. The number of carboxylic acid groups (broad SMARTS) is 1. The lowest BCUT2D eigenvalue weighted by Gasteiger charge is -2.38. The Morgan fingerprint density at radius 3 is 2.32 bits per heavy atom. The van der Waals surface area contributed by atoms with Crippen LogP contribution < -0.4 is 10.6 Å². The smallest absolute Gasteiger partial charge is 0.322 e. The molecule has 19 heavy (non-hydrogen) atoms. The first-order chi connectivity index (χ1) is 8.67. The lowest BCUT2D eigenvalue weighted by atomic mass is 9.74. The van der Waals surface area contributed by atoms with E-state index in [0.717, 1.165) is 0 Å². The number of nitrogens with zero attached hydrogens (tertiary/aromatic N) is 3. The van der Waals surface area contributed by atoms with Crippen LogP contribution in [0.3, 0.4) is 0 Å². The molecule has 1 aromatic rings. The number of aliphatic carboxylic acids is 1. The van der Waals surface area contributed by atoms with Crippen molar-refractivity contribution in [3.05, 3.63) is 12.4 Å². The average Bonchev–Trinajstić information content (AvgIpc) is 2.28. The highest BCUT2D eigenvalue weighted by molar-refractivity contribution is 5.88. The molecule has 0 aliphatic heterocycles. The highest BCUT2D eigenvalue weighted by Crippen LogP contribution is 2.30. The molecule has 0 atom stereocenters. The normalized spacial score (nSPS) is 11.8. The minimum atomic E-state index is -1.14. The van der Waals surface area contributed by atoms with Crippen molar-refractivity contribution in [3.8, 4) is 0 Å². The van der Waals surface area contributed by atoms with Gasteiger partial charge >= 0.3 is 12.0 Å². The van der Waals surface area contributed by atoms with Gasteiger partial charge < -0.3 is 10.4 Å². The molecule has 0 aliphatic rings. The summed E-state index contributed by atoms with van der Waals surface area (Å²) in [4.78, 5) is 26.8. The molecule has 0 saturated carbocycles. The van der Waals surface area contributed by atoms with E-state index >= 15 is 0 Å². The van der Waals surface area contributed by atoms with Gasteiger partial charge in [-0.25, -0.2) is 9.78 Å². The van der Waals surface area contributed by atoms with Crippen molar-refractivity contribution in [2.75, 3.05) is 5.32 Å². The summed E-state index contributed by atoms with van der Waals surface area (Å²) < 4.78 is 0. The quantitative estimate of drug-likeness (QED) is 0.745. The maximum atomic E-state index is 11.8. The van der Waals surface area contributed by atoms with Gasteiger partial charge in [0.05, 0.1) is 23.3 Å². The molecule has 8 nitrogen and oxygen atoms in total. The Bertz CT molecular complexity index is 472. The monoisotopic (exact) mass is 267 g/mol. The minimum Gasteiger partial charge on any atom is -0.481 e. The van der Waals surface area contributed by atoms with Crippen LogP contribution in [0.25, 0.3) is 0 Å². The van der Waals surface area contributed by atoms with Crippen LogP contribution >= 0.6 is 0 Å². The zero-order valence-electron chi connectivity index (χ0n) is 11.3. The van der Waals surface area contributed by atoms with Gasteiger partial charge in [-0.05, 0) is 27.7 Å². The first-order valence-corrected chi connectivity index (χ1v) is 5.63. The number of anilines is 1. The number of carbonyl (C=O) groups excluding carboxylic acids is 1. The number of urea groups is 1. The van der Waals surface area contributed by atoms with E-state index in [-0.39, 0.29) is 5.95 Å². The fraction of sp³-hybridized carbons (Fsp3) is 0.545. The highest BCUT2D eigenvalue weighted by Gasteiger charge is 2.44. The molecule has 1 rings (SSSR count). The molecular formula is C11H17N5O3. The second kappa shape index (κ2) is 5.17. The lowest BCUT2D eigenvalue weighted by molar-refractivity contribution is -0.150. The number of rotatable bonds is 4. The SMILES string of the molecule is CC(C)(NC(=O)Nc1nccnn1)C(C)(C)C(=O)O. The Morgan fingerprint density at radius 1 is 1.21 bits per heavy atom. The van der Waals surface area contributed by atoms with Crippen molar-refractivity contribution in [2.45, 2.75) is 33.2 Å². The molecule has 2 amide bonds. The molecule has 1 heterocycles. The van der Waals surface area contributed by atoms with E-state index in [1.54, 1.807) is 13.8 Å². The summed E-state index contributed by atoms with van der Waals surface area (Å²) in [6, 6.07) is -0.590. The number of carbonyl (C=O) groups is 2. The van der Waals surface area contributed by atoms with Gasteiger partial charge in [-0.2, -0.15) is 5.10 Å². The van der Waals surface area contributed by atoms with Gasteiger partial charge in [-0.15, -0.1) is 5.10 Å². The first-order valence-electron chi connectivity index (χ1n) is 5.63. The molecule has 0 radical (unpaired) electrons. The van der Waals surface area contributed by atoms with E-state index in [0.29, 0.717) is 0 Å². The van der Waals surface area contributed by atoms with Crippen LogP contribution in [0.5, 0.6) is 0 Å². The molecule has 0 aliphatic carbocycles. The summed E-state index contributed by atoms with van der Waals surface area (Å²) in [6.45, 7) is 6.34. The molecule has 0 unspecified atom stereocenters. The van der Waals surface area contributed by atoms with E-state index in [4.69, 9.17) is 0 Å². The largest absolute Gasteiger partial charge is 0.481 e. The van der Waals surface area contributed by atoms with Gasteiger partial charge in [0.1, 0.15) is 0 Å². The van der Waals surface area contributed by atoms with Crippen molar-refractivity contribution >= 4 is 17.9 Å². The van der Waals surface area contributed by atoms with Crippen LogP contribution in [0.1, 0.15) is 27.7 Å². The van der Waals surface area contributed by atoms with E-state index < -0.39 is 23.0 Å². The van der Waals surface area contributed by atoms with E-state index in [2.05, 4.69) is 25.8 Å². The Kier molecular flexibility index (Phi) is 4.03. The third kappa shape index (κ3) is 3.36. The average molecular weight is 267 g/mol. The number of amides is 2. The summed E-state index contributed by atoms with van der Waals surface area (Å²) in [5, 5.41) is 21.3. The molecule has 0 saturated heterocycles. The van der Waals surface area contributed by atoms with E-state index in [1.165, 1.54) is 26.2 Å². The van der Waals surface area contributed by atoms with Crippen LogP contribution in [0.2, 0.25) is 0 Å². The topological polar surface area (TPSA) is 117 Å². The Morgan fingerprint density at radius 2 is 1.84 bits per heavy atom. The molecule has 1 aromatic heterocycles. The standard InChI is InChI=1S/C11H17N5O3/c1-10(2,7(17)18)11(3,4)15-9(19)14-8-12-5-6-13-16-8/h5-6H,1-4H3,(H,17,18)(H2,12,14,15,16,19). The third-order valence-electron chi connectivity index (χ3n) is 3.23. The van der Waals surface area contributed by atoms with Gasteiger partial charge in [-0.1, -0.05) is 0 Å². The third-order valence-corrected chi connectivity index (χ3v) is 3.23. The van der Waals surface area contributed by atoms with Crippen molar-refractivity contribution in [2.24, 2.45) is 5.41 Å². The number of hydrogen-bond donors (Lipinski definition) is 3. The van der Waals surface area contributed by atoms with Gasteiger partial charge in [0.25, 0.3) is 5.95 Å². The van der Waals surface area contributed by atoms with Gasteiger partial charge in [0, 0.05) is 0 Å². The van der Waals surface area contributed by atoms with Gasteiger partial charge in [0.2, 0.25) is 0 Å². The molecular weight excluding hydrogens is 250 g/mol. The second-order valence-corrected chi connectivity index (χ2v) is 5.10. The predicted octanol–water partition coefficient (Wildman–Crippen LogP) is 0.882. The summed E-state index contributed by atoms with van der Waals surface area (Å²) in [5.74, 6) is -0.959. The summed E-state index contributed by atoms with van der Waals surface area (Å²) in [6.07, 6.45) is 2.76. The van der Waals surface area contributed by atoms with Gasteiger partial charge in [-0.3, -0.25) is 10.1 Å². The molecule has 8 heteroatoms. The Labute approximate surface area is 110 Å². The minimum absolute atomic E-state index is 0.0453. The van der Waals surface area contributed by atoms with E-state index in [1.807, 2.05) is 0 Å². The number of nitrogens with one attached hydrogen (secondary N) is 2. The van der Waals surface area contributed by atoms with Crippen LogP contribution in [0.4, 0.5) is 10.7 Å². The lowest BCUT2D eigenvalue weighted by Crippen LogP contribution is -2.57. The molecule has 0 aromatic carbocycles. The molecule has 0 bridgehead atoms. The highest BCUT2D eigenvalue weighted by atomic mass is 16.4. The zero-order valence-corrected chi connectivity index (χ0v) is 11.3. The fourth-order valence-corrected chi connectivity index (χ4v) is 1.15. The Balaban J connectivity index is 2.74. The summed E-state index contributed by atoms with van der Waals surface area (Å²) in [7, 11) is 0. The fourth-order valence-electron chi connectivity index (χ4n) is 1.15. The molecule has 104 valence electrons. The zero-order chi connectivity index (χ0) is 14.7. The van der Waals surface area contributed by atoms with E-state index in [9.17, 15) is 14.7 Å². The van der Waals surface area contributed by atoms with Crippen LogP contribution in [0.15, 0.2) is 12.4 Å². The van der Waals surface area contributed by atoms with Crippen molar-refractivity contribution in [1.29, 1.82) is 0 Å². The molecule has 0 spiro atoms. The van der Waals surface area contributed by atoms with Crippen molar-refractivity contribution in [3.63, 3.8) is 0 Å². The van der Waals surface area contributed by atoms with Crippen molar-refractivity contribution < 1.29 is 14.7 Å². The Hall–Kier alpha value is -2.25. The summed E-state index contributed by atoms with van der Waals surface area (Å²) in [5.41, 5.74) is -2.11. The second-order valence-electron chi connectivity index (χ2n) is 5.10. The van der Waals surface area contributed by atoms with Crippen LogP contribution in [0, 0.1) is 5.41 Å². The molecule has 3 N–H and O–H groups in total. The van der Waals surface area contributed by atoms with Gasteiger partial charge in [0.15, 0.2) is 0 Å². The van der Waals surface area contributed by atoms with Crippen molar-refractivity contribution in [1.82, 2.24) is 20.5 Å². The van der Waals surface area contributed by atoms with Crippen LogP contribution in [-0.2, 0) is 4.79 Å². The maximum Gasteiger partial charge on any atom is 0.322 e. The molecule has 0 fully saturated rings.